The summed E-state index contributed by atoms with van der Waals surface area (Å²) in [6.07, 6.45) is 0. The van der Waals surface area contributed by atoms with E-state index in [1.165, 1.54) is 5.69 Å². The van der Waals surface area contributed by atoms with Crippen molar-refractivity contribution in [3.63, 3.8) is 0 Å². The van der Waals surface area contributed by atoms with Gasteiger partial charge in [0.2, 0.25) is 11.8 Å². The van der Waals surface area contributed by atoms with Gasteiger partial charge in [-0.3, -0.25) is 9.59 Å². The summed E-state index contributed by atoms with van der Waals surface area (Å²) in [5, 5.41) is 5.79. The van der Waals surface area contributed by atoms with Crippen molar-refractivity contribution in [2.75, 3.05) is 50.7 Å². The lowest BCUT2D eigenvalue weighted by molar-refractivity contribution is -0.134. The Labute approximate surface area is 142 Å². The smallest absolute Gasteiger partial charge is 0.242 e. The molecule has 0 spiro atoms. The number of nitrogens with one attached hydrogen (secondary N) is 2. The summed E-state index contributed by atoms with van der Waals surface area (Å²) < 4.78 is 0. The Morgan fingerprint density at radius 1 is 1.09 bits per heavy atom. The van der Waals surface area contributed by atoms with Crippen molar-refractivity contribution in [2.24, 2.45) is 5.92 Å². The second kappa shape index (κ2) is 8.17. The van der Waals surface area contributed by atoms with Crippen LogP contribution < -0.4 is 15.5 Å². The van der Waals surface area contributed by atoms with Crippen molar-refractivity contribution in [1.29, 1.82) is 0 Å². The Bertz CT molecular complexity index is 528. The highest BCUT2D eigenvalue weighted by atomic mass is 35.5. The average molecular weight is 339 g/mol. The second-order valence-corrected chi connectivity index (χ2v) is 5.78. The number of carbonyl (C=O) groups excluding carboxylic acids is 2. The van der Waals surface area contributed by atoms with Gasteiger partial charge in [0.15, 0.2) is 0 Å². The van der Waals surface area contributed by atoms with E-state index in [1.54, 1.807) is 0 Å². The molecule has 1 aromatic carbocycles. The number of para-hydroxylation sites is 1. The van der Waals surface area contributed by atoms with E-state index in [0.29, 0.717) is 13.1 Å². The highest BCUT2D eigenvalue weighted by Crippen LogP contribution is 2.15. The Kier molecular flexibility index (Phi) is 6.24. The summed E-state index contributed by atoms with van der Waals surface area (Å²) in [4.78, 5) is 28.0. The molecule has 0 radical (unpaired) electrons. The van der Waals surface area contributed by atoms with Crippen LogP contribution in [0.25, 0.3) is 0 Å². The molecule has 0 atom stereocenters. The molecule has 2 heterocycles. The molecule has 6 nitrogen and oxygen atoms in total. The Balaban J connectivity index is 0.00000192. The molecule has 0 unspecified atom stereocenters. The number of piperazine rings is 1. The molecule has 2 amide bonds. The van der Waals surface area contributed by atoms with Gasteiger partial charge in [-0.15, -0.1) is 12.4 Å². The molecule has 0 saturated carbocycles. The SMILES string of the molecule is Cl.O=C(NCC(=O)N1CCN(c2ccccc2)CC1)C1CNC1. The minimum atomic E-state index is -0.0185. The van der Waals surface area contributed by atoms with Crippen LogP contribution in [0.2, 0.25) is 0 Å². The number of halogens is 1. The molecule has 2 saturated heterocycles. The summed E-state index contributed by atoms with van der Waals surface area (Å²) >= 11 is 0. The molecule has 0 aliphatic carbocycles. The summed E-state index contributed by atoms with van der Waals surface area (Å²) in [6, 6.07) is 10.2. The number of nitrogens with zero attached hydrogens (tertiary/aromatic N) is 2. The first-order valence-corrected chi connectivity index (χ1v) is 7.80. The van der Waals surface area contributed by atoms with E-state index in [2.05, 4.69) is 27.7 Å². The molecule has 2 aliphatic rings. The van der Waals surface area contributed by atoms with Gasteiger partial charge in [-0.1, -0.05) is 18.2 Å². The normalized spacial score (nSPS) is 17.9. The molecule has 126 valence electrons. The molecule has 0 aromatic heterocycles. The molecule has 3 rings (SSSR count). The van der Waals surface area contributed by atoms with E-state index in [4.69, 9.17) is 0 Å². The first-order chi connectivity index (χ1) is 10.7. The monoisotopic (exact) mass is 338 g/mol. The van der Waals surface area contributed by atoms with Crippen molar-refractivity contribution in [3.8, 4) is 0 Å². The van der Waals surface area contributed by atoms with E-state index in [0.717, 1.165) is 26.2 Å². The zero-order chi connectivity index (χ0) is 15.4. The quantitative estimate of drug-likeness (QED) is 0.817. The molecular formula is C16H23ClN4O2. The second-order valence-electron chi connectivity index (χ2n) is 5.78. The van der Waals surface area contributed by atoms with E-state index in [1.807, 2.05) is 23.1 Å². The van der Waals surface area contributed by atoms with Crippen molar-refractivity contribution in [1.82, 2.24) is 15.5 Å². The zero-order valence-electron chi connectivity index (χ0n) is 13.0. The van der Waals surface area contributed by atoms with Gasteiger partial charge in [0.05, 0.1) is 12.5 Å². The fraction of sp³-hybridized carbons (Fsp3) is 0.500. The van der Waals surface area contributed by atoms with Crippen molar-refractivity contribution >= 4 is 29.9 Å². The average Bonchev–Trinajstić information content (AvgIpc) is 2.52. The van der Waals surface area contributed by atoms with E-state index >= 15 is 0 Å². The Morgan fingerprint density at radius 2 is 1.74 bits per heavy atom. The van der Waals surface area contributed by atoms with Crippen LogP contribution in [0.3, 0.4) is 0 Å². The third-order valence-electron chi connectivity index (χ3n) is 4.32. The Morgan fingerprint density at radius 3 is 2.30 bits per heavy atom. The molecule has 1 aromatic rings. The van der Waals surface area contributed by atoms with Crippen molar-refractivity contribution in [3.05, 3.63) is 30.3 Å². The summed E-state index contributed by atoms with van der Waals surface area (Å²) in [5.41, 5.74) is 1.19. The van der Waals surface area contributed by atoms with Crippen LogP contribution in [0, 0.1) is 5.92 Å². The van der Waals surface area contributed by atoms with Crippen LogP contribution in [0.1, 0.15) is 0 Å². The van der Waals surface area contributed by atoms with Gasteiger partial charge in [0.25, 0.3) is 0 Å². The fourth-order valence-electron chi connectivity index (χ4n) is 2.75. The number of hydrogen-bond donors (Lipinski definition) is 2. The predicted octanol–water partition coefficient (Wildman–Crippen LogP) is 0.0926. The lowest BCUT2D eigenvalue weighted by atomic mass is 10.0. The molecular weight excluding hydrogens is 316 g/mol. The molecule has 7 heteroatoms. The van der Waals surface area contributed by atoms with Crippen LogP contribution >= 0.6 is 12.4 Å². The molecule has 2 fully saturated rings. The van der Waals surface area contributed by atoms with Gasteiger partial charge in [0, 0.05) is 45.0 Å². The maximum Gasteiger partial charge on any atom is 0.242 e. The number of rotatable bonds is 4. The maximum absolute atomic E-state index is 12.2. The molecule has 23 heavy (non-hydrogen) atoms. The van der Waals surface area contributed by atoms with Crippen LogP contribution in [0.4, 0.5) is 5.69 Å². The van der Waals surface area contributed by atoms with Crippen molar-refractivity contribution in [2.45, 2.75) is 0 Å². The van der Waals surface area contributed by atoms with E-state index in [9.17, 15) is 9.59 Å². The largest absolute Gasteiger partial charge is 0.368 e. The number of hydrogen-bond acceptors (Lipinski definition) is 4. The zero-order valence-corrected chi connectivity index (χ0v) is 13.8. The van der Waals surface area contributed by atoms with E-state index in [-0.39, 0.29) is 36.7 Å². The third kappa shape index (κ3) is 4.36. The number of anilines is 1. The van der Waals surface area contributed by atoms with Crippen LogP contribution in [-0.2, 0) is 9.59 Å². The lowest BCUT2D eigenvalue weighted by Gasteiger charge is -2.36. The molecule has 2 aliphatic heterocycles. The summed E-state index contributed by atoms with van der Waals surface area (Å²) in [7, 11) is 0. The number of carbonyl (C=O) groups is 2. The van der Waals surface area contributed by atoms with Crippen LogP contribution in [0.5, 0.6) is 0 Å². The molecule has 0 bridgehead atoms. The van der Waals surface area contributed by atoms with Gasteiger partial charge >= 0.3 is 0 Å². The first-order valence-electron chi connectivity index (χ1n) is 7.80. The minimum Gasteiger partial charge on any atom is -0.368 e. The fourth-order valence-corrected chi connectivity index (χ4v) is 2.75. The minimum absolute atomic E-state index is 0. The maximum atomic E-state index is 12.2. The summed E-state index contributed by atoms with van der Waals surface area (Å²) in [6.45, 7) is 4.61. The lowest BCUT2D eigenvalue weighted by Crippen LogP contribution is -2.54. The van der Waals surface area contributed by atoms with Gasteiger partial charge in [-0.2, -0.15) is 0 Å². The Hall–Kier alpha value is -1.79. The van der Waals surface area contributed by atoms with Gasteiger partial charge < -0.3 is 20.4 Å². The van der Waals surface area contributed by atoms with Crippen LogP contribution in [0.15, 0.2) is 30.3 Å². The van der Waals surface area contributed by atoms with Crippen molar-refractivity contribution < 1.29 is 9.59 Å². The topological polar surface area (TPSA) is 64.7 Å². The van der Waals surface area contributed by atoms with Crippen LogP contribution in [-0.4, -0.2) is 62.5 Å². The summed E-state index contributed by atoms with van der Waals surface area (Å²) in [5.74, 6) is 0.0195. The highest BCUT2D eigenvalue weighted by Gasteiger charge is 2.26. The predicted molar refractivity (Wildman–Crippen MR) is 91.9 cm³/mol. The van der Waals surface area contributed by atoms with E-state index < -0.39 is 0 Å². The highest BCUT2D eigenvalue weighted by molar-refractivity contribution is 5.86. The standard InChI is InChI=1S/C16H22N4O2.ClH/c21-15(12-18-16(22)13-10-17-11-13)20-8-6-19(7-9-20)14-4-2-1-3-5-14;/h1-5,13,17H,6-12H2,(H,18,22);1H. The van der Waals surface area contributed by atoms with Gasteiger partial charge in [-0.25, -0.2) is 0 Å². The molecule has 2 N–H and O–H groups in total. The van der Waals surface area contributed by atoms with Gasteiger partial charge in [0.1, 0.15) is 0 Å². The van der Waals surface area contributed by atoms with Gasteiger partial charge in [-0.05, 0) is 12.1 Å². The third-order valence-corrected chi connectivity index (χ3v) is 4.32. The number of benzene rings is 1. The first kappa shape index (κ1) is 17.6. The number of amides is 2.